The van der Waals surface area contributed by atoms with Gasteiger partial charge in [-0.15, -0.1) is 5.10 Å². The second-order valence-corrected chi connectivity index (χ2v) is 5.68. The van der Waals surface area contributed by atoms with Crippen LogP contribution < -0.4 is 10.6 Å². The lowest BCUT2D eigenvalue weighted by Gasteiger charge is -2.11. The summed E-state index contributed by atoms with van der Waals surface area (Å²) < 4.78 is 38.4. The van der Waals surface area contributed by atoms with Crippen LogP contribution in [0.25, 0.3) is 10.8 Å². The van der Waals surface area contributed by atoms with E-state index in [1.165, 1.54) is 12.1 Å². The van der Waals surface area contributed by atoms with Gasteiger partial charge >= 0.3 is 6.18 Å². The highest BCUT2D eigenvalue weighted by Crippen LogP contribution is 2.31. The monoisotopic (exact) mass is 360 g/mol. The molecule has 0 atom stereocenters. The molecule has 0 bridgehead atoms. The number of hydrogen-bond acceptors (Lipinski definition) is 4. The van der Waals surface area contributed by atoms with Crippen LogP contribution in [0.15, 0.2) is 42.5 Å². The average Bonchev–Trinajstić information content (AvgIpc) is 2.61. The van der Waals surface area contributed by atoms with Gasteiger partial charge in [-0.1, -0.05) is 6.07 Å². The van der Waals surface area contributed by atoms with Crippen molar-refractivity contribution in [2.45, 2.75) is 13.1 Å². The Hall–Kier alpha value is -3.16. The maximum absolute atomic E-state index is 12.8. The molecule has 134 valence electrons. The summed E-state index contributed by atoms with van der Waals surface area (Å²) in [6.07, 6.45) is -4.47. The van der Waals surface area contributed by atoms with Gasteiger partial charge in [0.15, 0.2) is 5.82 Å². The minimum absolute atomic E-state index is 0.0745. The van der Waals surface area contributed by atoms with Gasteiger partial charge in [0.05, 0.1) is 11.3 Å². The summed E-state index contributed by atoms with van der Waals surface area (Å²) >= 11 is 0. The molecule has 8 heteroatoms. The van der Waals surface area contributed by atoms with Crippen molar-refractivity contribution >= 4 is 28.2 Å². The fourth-order valence-electron chi connectivity index (χ4n) is 2.59. The first-order valence-electron chi connectivity index (χ1n) is 7.73. The predicted octanol–water partition coefficient (Wildman–Crippen LogP) is 4.25. The third-order valence-electron chi connectivity index (χ3n) is 3.91. The van der Waals surface area contributed by atoms with Crippen LogP contribution in [0, 0.1) is 6.92 Å². The van der Waals surface area contributed by atoms with E-state index in [4.69, 9.17) is 0 Å². The fraction of sp³-hybridized carbons (Fsp3) is 0.167. The van der Waals surface area contributed by atoms with Gasteiger partial charge in [0, 0.05) is 29.1 Å². The molecule has 2 N–H and O–H groups in total. The fourth-order valence-corrected chi connectivity index (χ4v) is 2.59. The predicted molar refractivity (Wildman–Crippen MR) is 93.2 cm³/mol. The van der Waals surface area contributed by atoms with Crippen molar-refractivity contribution in [2.75, 3.05) is 17.7 Å². The molecule has 0 radical (unpaired) electrons. The van der Waals surface area contributed by atoms with Gasteiger partial charge in [0.2, 0.25) is 0 Å². The lowest BCUT2D eigenvalue weighted by Crippen LogP contribution is -2.13. The van der Waals surface area contributed by atoms with Gasteiger partial charge in [-0.25, -0.2) is 0 Å². The molecule has 1 heterocycles. The molecule has 0 unspecified atom stereocenters. The van der Waals surface area contributed by atoms with Crippen molar-refractivity contribution in [3.63, 3.8) is 0 Å². The van der Waals surface area contributed by atoms with Gasteiger partial charge in [-0.2, -0.15) is 18.3 Å². The molecule has 0 fully saturated rings. The van der Waals surface area contributed by atoms with E-state index in [2.05, 4.69) is 20.8 Å². The number of carbonyl (C=O) groups is 1. The number of benzene rings is 2. The SMILES string of the molecule is CNc1nnc(C)c2cc(C(=O)Nc3cccc(C(F)(F)F)c3)ccc12. The van der Waals surface area contributed by atoms with Crippen LogP contribution in [0.3, 0.4) is 0 Å². The second-order valence-electron chi connectivity index (χ2n) is 5.68. The number of carbonyl (C=O) groups excluding carboxylic acids is 1. The summed E-state index contributed by atoms with van der Waals surface area (Å²) in [5.41, 5.74) is 0.213. The van der Waals surface area contributed by atoms with Crippen LogP contribution in [-0.4, -0.2) is 23.2 Å². The van der Waals surface area contributed by atoms with Crippen LogP contribution in [0.1, 0.15) is 21.6 Å². The summed E-state index contributed by atoms with van der Waals surface area (Å²) in [6.45, 7) is 1.77. The van der Waals surface area contributed by atoms with Crippen molar-refractivity contribution in [2.24, 2.45) is 0 Å². The highest BCUT2D eigenvalue weighted by atomic mass is 19.4. The zero-order valence-corrected chi connectivity index (χ0v) is 14.0. The van der Waals surface area contributed by atoms with E-state index in [1.807, 2.05) is 0 Å². The van der Waals surface area contributed by atoms with Crippen molar-refractivity contribution in [3.8, 4) is 0 Å². The smallest absolute Gasteiger partial charge is 0.371 e. The molecule has 5 nitrogen and oxygen atoms in total. The number of anilines is 2. The first-order valence-corrected chi connectivity index (χ1v) is 7.73. The molecule has 0 saturated carbocycles. The second kappa shape index (κ2) is 6.62. The van der Waals surface area contributed by atoms with Crippen LogP contribution in [0.4, 0.5) is 24.7 Å². The van der Waals surface area contributed by atoms with Crippen molar-refractivity contribution in [1.29, 1.82) is 0 Å². The molecule has 3 rings (SSSR count). The Kier molecular flexibility index (Phi) is 4.50. The molecule has 2 aromatic carbocycles. The van der Waals surface area contributed by atoms with Gasteiger partial charge in [-0.05, 0) is 43.3 Å². The number of alkyl halides is 3. The third-order valence-corrected chi connectivity index (χ3v) is 3.91. The Morgan fingerprint density at radius 3 is 2.50 bits per heavy atom. The first kappa shape index (κ1) is 17.7. The number of amides is 1. The standard InChI is InChI=1S/C18H15F3N4O/c1-10-15-8-11(6-7-14(15)16(22-2)25-24-10)17(26)23-13-5-3-4-12(9-13)18(19,20)21/h3-9H,1-2H3,(H,22,25)(H,23,26). The van der Waals surface area contributed by atoms with Crippen LogP contribution in [0.2, 0.25) is 0 Å². The Bertz CT molecular complexity index is 986. The lowest BCUT2D eigenvalue weighted by molar-refractivity contribution is -0.137. The van der Waals surface area contributed by atoms with Gasteiger partial charge in [0.1, 0.15) is 0 Å². The minimum Gasteiger partial charge on any atom is -0.371 e. The number of aryl methyl sites for hydroxylation is 1. The molecular formula is C18H15F3N4O. The summed E-state index contributed by atoms with van der Waals surface area (Å²) in [5.74, 6) is 0.0730. The van der Waals surface area contributed by atoms with Gasteiger partial charge < -0.3 is 10.6 Å². The van der Waals surface area contributed by atoms with Crippen molar-refractivity contribution in [1.82, 2.24) is 10.2 Å². The number of hydrogen-bond donors (Lipinski definition) is 2. The third kappa shape index (κ3) is 3.44. The number of rotatable bonds is 3. The largest absolute Gasteiger partial charge is 0.416 e. The van der Waals surface area contributed by atoms with E-state index in [0.29, 0.717) is 17.1 Å². The Morgan fingerprint density at radius 2 is 1.81 bits per heavy atom. The number of nitrogens with one attached hydrogen (secondary N) is 2. The topological polar surface area (TPSA) is 66.9 Å². The molecule has 26 heavy (non-hydrogen) atoms. The Labute approximate surface area is 147 Å². The van der Waals surface area contributed by atoms with E-state index in [0.717, 1.165) is 22.9 Å². The zero-order valence-electron chi connectivity index (χ0n) is 14.0. The minimum atomic E-state index is -4.47. The van der Waals surface area contributed by atoms with Crippen molar-refractivity contribution < 1.29 is 18.0 Å². The molecule has 0 aliphatic rings. The molecule has 0 saturated heterocycles. The van der Waals surface area contributed by atoms with Crippen LogP contribution >= 0.6 is 0 Å². The van der Waals surface area contributed by atoms with Gasteiger partial charge in [0.25, 0.3) is 5.91 Å². The van der Waals surface area contributed by atoms with E-state index >= 15 is 0 Å². The summed E-state index contributed by atoms with van der Waals surface area (Å²) in [6, 6.07) is 9.46. The maximum Gasteiger partial charge on any atom is 0.416 e. The molecule has 0 aliphatic carbocycles. The van der Waals surface area contributed by atoms with E-state index < -0.39 is 17.6 Å². The Balaban J connectivity index is 1.92. The molecular weight excluding hydrogens is 345 g/mol. The average molecular weight is 360 g/mol. The first-order chi connectivity index (χ1) is 12.3. The van der Waals surface area contributed by atoms with Crippen LogP contribution in [-0.2, 0) is 6.18 Å². The van der Waals surface area contributed by atoms with Crippen molar-refractivity contribution in [3.05, 3.63) is 59.3 Å². The highest BCUT2D eigenvalue weighted by molar-refractivity contribution is 6.07. The summed E-state index contributed by atoms with van der Waals surface area (Å²) in [5, 5.41) is 15.0. The highest BCUT2D eigenvalue weighted by Gasteiger charge is 2.30. The Morgan fingerprint density at radius 1 is 1.04 bits per heavy atom. The lowest BCUT2D eigenvalue weighted by atomic mass is 10.1. The van der Waals surface area contributed by atoms with E-state index in [9.17, 15) is 18.0 Å². The van der Waals surface area contributed by atoms with E-state index in [1.54, 1.807) is 32.2 Å². The number of aromatic nitrogens is 2. The molecule has 1 amide bonds. The van der Waals surface area contributed by atoms with Crippen LogP contribution in [0.5, 0.6) is 0 Å². The molecule has 0 spiro atoms. The van der Waals surface area contributed by atoms with Gasteiger partial charge in [-0.3, -0.25) is 4.79 Å². The quantitative estimate of drug-likeness (QED) is 0.733. The summed E-state index contributed by atoms with van der Waals surface area (Å²) in [4.78, 5) is 12.4. The van der Waals surface area contributed by atoms with E-state index in [-0.39, 0.29) is 5.69 Å². The molecule has 1 aromatic heterocycles. The zero-order chi connectivity index (χ0) is 18.9. The number of nitrogens with zero attached hydrogens (tertiary/aromatic N) is 2. The summed E-state index contributed by atoms with van der Waals surface area (Å²) in [7, 11) is 1.72. The normalized spacial score (nSPS) is 11.4. The molecule has 3 aromatic rings. The number of halogens is 3. The maximum atomic E-state index is 12.8. The number of fused-ring (bicyclic) bond motifs is 1. The molecule has 0 aliphatic heterocycles.